The van der Waals surface area contributed by atoms with Crippen LogP contribution in [-0.2, 0) is 11.3 Å². The van der Waals surface area contributed by atoms with E-state index >= 15 is 0 Å². The summed E-state index contributed by atoms with van der Waals surface area (Å²) in [5.41, 5.74) is 4.69. The number of benzene rings is 2. The second-order valence-corrected chi connectivity index (χ2v) is 6.75. The predicted octanol–water partition coefficient (Wildman–Crippen LogP) is 2.11. The average Bonchev–Trinajstić information content (AvgIpc) is 2.71. The Hall–Kier alpha value is -3.55. The lowest BCUT2D eigenvalue weighted by molar-refractivity contribution is -0.120. The van der Waals surface area contributed by atoms with Crippen LogP contribution in [0.5, 0.6) is 5.75 Å². The number of likely N-dealkylation sites (N-methyl/N-ethyl adjacent to an activating group) is 1. The molecule has 3 aromatic rings. The molecule has 29 heavy (non-hydrogen) atoms. The number of H-pyrrole nitrogens is 1. The molecule has 0 aliphatic rings. The zero-order valence-corrected chi connectivity index (χ0v) is 16.5. The third-order valence-corrected chi connectivity index (χ3v) is 4.74. The minimum Gasteiger partial charge on any atom is -0.484 e. The molecule has 8 heteroatoms. The Labute approximate surface area is 167 Å². The van der Waals surface area contributed by atoms with Crippen molar-refractivity contribution in [3.05, 3.63) is 63.3 Å². The molecule has 1 aromatic heterocycles. The molecule has 1 heterocycles. The highest BCUT2D eigenvalue weighted by molar-refractivity contribution is 5.96. The number of fused-ring (bicyclic) bond motifs is 1. The Morgan fingerprint density at radius 3 is 2.62 bits per heavy atom. The number of nitrogens with zero attached hydrogens (tertiary/aromatic N) is 2. The SMILES string of the molecule is CCCCn1c(N)c(N(C)C(=O)COc2ccc3ccccc3c2)c(=O)[nH]c1=O. The van der Waals surface area contributed by atoms with Gasteiger partial charge >= 0.3 is 5.69 Å². The number of anilines is 2. The molecule has 2 aromatic carbocycles. The lowest BCUT2D eigenvalue weighted by Crippen LogP contribution is -2.40. The van der Waals surface area contributed by atoms with Gasteiger partial charge in [0.2, 0.25) is 0 Å². The highest BCUT2D eigenvalue weighted by Crippen LogP contribution is 2.21. The number of amides is 1. The number of hydrogen-bond acceptors (Lipinski definition) is 5. The topological polar surface area (TPSA) is 110 Å². The normalized spacial score (nSPS) is 10.8. The van der Waals surface area contributed by atoms with Gasteiger partial charge in [-0.25, -0.2) is 4.79 Å². The molecule has 0 atom stereocenters. The molecule has 0 saturated carbocycles. The largest absolute Gasteiger partial charge is 0.484 e. The molecule has 0 unspecified atom stereocenters. The van der Waals surface area contributed by atoms with Crippen LogP contribution in [0.3, 0.4) is 0 Å². The van der Waals surface area contributed by atoms with Crippen molar-refractivity contribution < 1.29 is 9.53 Å². The first-order chi connectivity index (χ1) is 13.9. The van der Waals surface area contributed by atoms with Gasteiger partial charge in [0.1, 0.15) is 11.6 Å². The summed E-state index contributed by atoms with van der Waals surface area (Å²) in [6, 6.07) is 13.3. The van der Waals surface area contributed by atoms with Gasteiger partial charge in [0.05, 0.1) is 0 Å². The molecule has 1 amide bonds. The number of ether oxygens (including phenoxy) is 1. The molecule has 3 N–H and O–H groups in total. The van der Waals surface area contributed by atoms with Gasteiger partial charge in [-0.1, -0.05) is 43.7 Å². The Morgan fingerprint density at radius 1 is 1.17 bits per heavy atom. The third-order valence-electron chi connectivity index (χ3n) is 4.74. The maximum Gasteiger partial charge on any atom is 0.330 e. The molecular weight excluding hydrogens is 372 g/mol. The number of rotatable bonds is 7. The summed E-state index contributed by atoms with van der Waals surface area (Å²) < 4.78 is 6.88. The van der Waals surface area contributed by atoms with Gasteiger partial charge in [0, 0.05) is 13.6 Å². The number of carbonyl (C=O) groups is 1. The van der Waals surface area contributed by atoms with Crippen molar-refractivity contribution in [2.45, 2.75) is 26.3 Å². The van der Waals surface area contributed by atoms with E-state index in [1.165, 1.54) is 11.6 Å². The summed E-state index contributed by atoms with van der Waals surface area (Å²) in [6.45, 7) is 2.07. The van der Waals surface area contributed by atoms with Crippen molar-refractivity contribution in [2.24, 2.45) is 0 Å². The maximum atomic E-state index is 12.6. The Balaban J connectivity index is 1.78. The van der Waals surface area contributed by atoms with Gasteiger partial charge in [-0.05, 0) is 29.3 Å². The van der Waals surface area contributed by atoms with Crippen molar-refractivity contribution in [1.29, 1.82) is 0 Å². The van der Waals surface area contributed by atoms with Crippen LogP contribution in [0.4, 0.5) is 11.5 Å². The van der Waals surface area contributed by atoms with Crippen LogP contribution in [0.1, 0.15) is 19.8 Å². The summed E-state index contributed by atoms with van der Waals surface area (Å²) in [5.74, 6) is 0.0463. The minimum absolute atomic E-state index is 0.0336. The highest BCUT2D eigenvalue weighted by Gasteiger charge is 2.21. The predicted molar refractivity (Wildman–Crippen MR) is 113 cm³/mol. The van der Waals surface area contributed by atoms with Crippen molar-refractivity contribution in [3.8, 4) is 5.75 Å². The molecule has 0 bridgehead atoms. The van der Waals surface area contributed by atoms with Crippen molar-refractivity contribution in [2.75, 3.05) is 24.3 Å². The zero-order valence-electron chi connectivity index (χ0n) is 16.5. The molecule has 0 spiro atoms. The van der Waals surface area contributed by atoms with Crippen molar-refractivity contribution >= 4 is 28.2 Å². The minimum atomic E-state index is -0.707. The van der Waals surface area contributed by atoms with E-state index in [2.05, 4.69) is 4.98 Å². The average molecular weight is 396 g/mol. The van der Waals surface area contributed by atoms with E-state index in [4.69, 9.17) is 10.5 Å². The van der Waals surface area contributed by atoms with Gasteiger partial charge in [0.15, 0.2) is 12.3 Å². The van der Waals surface area contributed by atoms with E-state index in [0.717, 1.165) is 28.5 Å². The Morgan fingerprint density at radius 2 is 1.90 bits per heavy atom. The molecule has 8 nitrogen and oxygen atoms in total. The zero-order chi connectivity index (χ0) is 21.0. The number of aromatic amines is 1. The highest BCUT2D eigenvalue weighted by atomic mass is 16.5. The lowest BCUT2D eigenvalue weighted by atomic mass is 10.1. The van der Waals surface area contributed by atoms with Crippen molar-refractivity contribution in [3.63, 3.8) is 0 Å². The molecule has 0 fully saturated rings. The van der Waals surface area contributed by atoms with E-state index in [9.17, 15) is 14.4 Å². The molecule has 0 aliphatic carbocycles. The fourth-order valence-corrected chi connectivity index (χ4v) is 3.06. The Bertz CT molecular complexity index is 1150. The van der Waals surface area contributed by atoms with Crippen LogP contribution in [0.2, 0.25) is 0 Å². The number of nitrogens with two attached hydrogens (primary N) is 1. The first-order valence-electron chi connectivity index (χ1n) is 9.43. The van der Waals surface area contributed by atoms with Crippen LogP contribution in [0.15, 0.2) is 52.1 Å². The number of hydrogen-bond donors (Lipinski definition) is 2. The third kappa shape index (κ3) is 4.31. The molecule has 3 rings (SSSR count). The first kappa shape index (κ1) is 20.2. The fourth-order valence-electron chi connectivity index (χ4n) is 3.06. The summed E-state index contributed by atoms with van der Waals surface area (Å²) in [6.07, 6.45) is 1.58. The number of unbranched alkanes of at least 4 members (excludes halogenated alkanes) is 1. The Kier molecular flexibility index (Phi) is 6.01. The number of nitrogens with one attached hydrogen (secondary N) is 1. The van der Waals surface area contributed by atoms with Crippen LogP contribution in [0, 0.1) is 0 Å². The molecular formula is C21H24N4O4. The van der Waals surface area contributed by atoms with Crippen LogP contribution in [0.25, 0.3) is 10.8 Å². The summed E-state index contributed by atoms with van der Waals surface area (Å²) >= 11 is 0. The first-order valence-corrected chi connectivity index (χ1v) is 9.43. The monoisotopic (exact) mass is 396 g/mol. The number of nitrogen functional groups attached to an aromatic ring is 1. The summed E-state index contributed by atoms with van der Waals surface area (Å²) in [5, 5.41) is 2.06. The lowest BCUT2D eigenvalue weighted by Gasteiger charge is -2.20. The van der Waals surface area contributed by atoms with Gasteiger partial charge in [-0.15, -0.1) is 0 Å². The van der Waals surface area contributed by atoms with Gasteiger partial charge in [-0.3, -0.25) is 19.1 Å². The van der Waals surface area contributed by atoms with E-state index in [0.29, 0.717) is 12.3 Å². The molecule has 152 valence electrons. The smallest absolute Gasteiger partial charge is 0.330 e. The van der Waals surface area contributed by atoms with E-state index in [1.807, 2.05) is 43.3 Å². The van der Waals surface area contributed by atoms with Gasteiger partial charge < -0.3 is 15.4 Å². The quantitative estimate of drug-likeness (QED) is 0.636. The second kappa shape index (κ2) is 8.64. The van der Waals surface area contributed by atoms with Crippen LogP contribution in [-0.4, -0.2) is 29.1 Å². The second-order valence-electron chi connectivity index (χ2n) is 6.75. The van der Waals surface area contributed by atoms with Gasteiger partial charge in [-0.2, -0.15) is 0 Å². The van der Waals surface area contributed by atoms with Gasteiger partial charge in [0.25, 0.3) is 11.5 Å². The van der Waals surface area contributed by atoms with Crippen molar-refractivity contribution in [1.82, 2.24) is 9.55 Å². The molecule has 0 saturated heterocycles. The maximum absolute atomic E-state index is 12.6. The van der Waals surface area contributed by atoms with Crippen LogP contribution < -0.4 is 26.6 Å². The fraction of sp³-hybridized carbons (Fsp3) is 0.286. The van der Waals surface area contributed by atoms with E-state index in [1.54, 1.807) is 6.07 Å². The van der Waals surface area contributed by atoms with Crippen LogP contribution >= 0.6 is 0 Å². The van der Waals surface area contributed by atoms with E-state index < -0.39 is 17.2 Å². The molecule has 0 radical (unpaired) electrons. The molecule has 0 aliphatic heterocycles. The number of aromatic nitrogens is 2. The van der Waals surface area contributed by atoms with E-state index in [-0.39, 0.29) is 18.1 Å². The number of carbonyl (C=O) groups excluding carboxylic acids is 1. The standard InChI is InChI=1S/C21H24N4O4/c1-3-4-11-25-19(22)18(20(27)23-21(25)28)24(2)17(26)13-29-16-10-9-14-7-5-6-8-15(14)12-16/h5-10,12H,3-4,11,13,22H2,1-2H3,(H,23,27,28). The summed E-state index contributed by atoms with van der Waals surface area (Å²) in [4.78, 5) is 40.2. The summed E-state index contributed by atoms with van der Waals surface area (Å²) in [7, 11) is 1.43.